The molecule has 0 N–H and O–H groups in total. The van der Waals surface area contributed by atoms with E-state index in [9.17, 15) is 0 Å². The zero-order chi connectivity index (χ0) is 20.7. The van der Waals surface area contributed by atoms with Crippen molar-refractivity contribution in [2.24, 2.45) is 11.8 Å². The van der Waals surface area contributed by atoms with Gasteiger partial charge < -0.3 is 0 Å². The average Bonchev–Trinajstić information content (AvgIpc) is 2.47. The maximum Gasteiger partial charge on any atom is 0.0466 e. The highest BCUT2D eigenvalue weighted by molar-refractivity contribution is 5.36. The number of pyridine rings is 1. The third kappa shape index (κ3) is 16.4. The molecule has 1 heterocycles. The smallest absolute Gasteiger partial charge is 0.0466 e. The fraction of sp³-hybridized carbons (Fsp3) is 0.792. The van der Waals surface area contributed by atoms with Gasteiger partial charge in [0.25, 0.3) is 0 Å². The molecule has 0 bridgehead atoms. The molecule has 0 aliphatic carbocycles. The lowest BCUT2D eigenvalue weighted by molar-refractivity contribution is 0.723. The first-order valence-electron chi connectivity index (χ1n) is 10.4. The van der Waals surface area contributed by atoms with Gasteiger partial charge in [0.05, 0.1) is 0 Å². The summed E-state index contributed by atoms with van der Waals surface area (Å²) in [5.41, 5.74) is 4.20. The Bertz CT molecular complexity index is 363. The van der Waals surface area contributed by atoms with E-state index in [0.717, 1.165) is 11.8 Å². The molecule has 0 fully saturated rings. The third-order valence-electron chi connectivity index (χ3n) is 2.80. The Kier molecular flexibility index (Phi) is 19.2. The molecule has 0 radical (unpaired) electrons. The van der Waals surface area contributed by atoms with E-state index in [0.29, 0.717) is 17.8 Å². The molecule has 1 heteroatoms. The van der Waals surface area contributed by atoms with Gasteiger partial charge in [-0.05, 0) is 46.8 Å². The topological polar surface area (TPSA) is 12.9 Å². The molecule has 0 saturated carbocycles. The van der Waals surface area contributed by atoms with Gasteiger partial charge in [0.1, 0.15) is 0 Å². The fourth-order valence-corrected chi connectivity index (χ4v) is 2.10. The molecule has 1 rings (SSSR count). The summed E-state index contributed by atoms with van der Waals surface area (Å²) in [5.74, 6) is 3.33. The van der Waals surface area contributed by atoms with Crippen LogP contribution in [0.4, 0.5) is 0 Å². The minimum absolute atomic E-state index is 0.515. The van der Waals surface area contributed by atoms with E-state index in [-0.39, 0.29) is 0 Å². The predicted molar refractivity (Wildman–Crippen MR) is 119 cm³/mol. The molecule has 0 saturated heterocycles. The molecule has 0 aromatic carbocycles. The molecule has 0 aliphatic heterocycles. The van der Waals surface area contributed by atoms with Crippen LogP contribution in [0.5, 0.6) is 0 Å². The maximum absolute atomic E-state index is 4.54. The van der Waals surface area contributed by atoms with Crippen LogP contribution in [0.3, 0.4) is 0 Å². The summed E-state index contributed by atoms with van der Waals surface area (Å²) in [7, 11) is 0. The van der Waals surface area contributed by atoms with Crippen LogP contribution in [-0.2, 0) is 0 Å². The molecule has 0 unspecified atom stereocenters. The van der Waals surface area contributed by atoms with Crippen molar-refractivity contribution in [1.82, 2.24) is 4.98 Å². The largest absolute Gasteiger partial charge is 0.261 e. The van der Waals surface area contributed by atoms with Crippen LogP contribution in [0.25, 0.3) is 0 Å². The molecule has 0 spiro atoms. The highest BCUT2D eigenvalue weighted by atomic mass is 14.7. The molecule has 25 heavy (non-hydrogen) atoms. The Labute approximate surface area is 161 Å². The Hall–Kier alpha value is -0.850. The van der Waals surface area contributed by atoms with Gasteiger partial charge in [-0.3, -0.25) is 4.98 Å². The quantitative estimate of drug-likeness (QED) is 0.530. The van der Waals surface area contributed by atoms with Crippen molar-refractivity contribution >= 4 is 0 Å². The standard InChI is InChI=1S/C14H23N.2C4H10.C2H6/c1-9(2)12-7-8-15-14(11(5)6)13(12)10(3)4;2*1-4(2)3;1-2/h7-11H,1-6H3;2*4H,1-3H3;1-2H3. The Morgan fingerprint density at radius 3 is 1.20 bits per heavy atom. The van der Waals surface area contributed by atoms with Crippen molar-refractivity contribution in [3.05, 3.63) is 29.1 Å². The van der Waals surface area contributed by atoms with Crippen LogP contribution in [0.15, 0.2) is 12.3 Å². The monoisotopic (exact) mass is 351 g/mol. The number of rotatable bonds is 3. The van der Waals surface area contributed by atoms with Crippen molar-refractivity contribution in [2.45, 2.75) is 115 Å². The maximum atomic E-state index is 4.54. The minimum atomic E-state index is 0.515. The van der Waals surface area contributed by atoms with Crippen molar-refractivity contribution in [1.29, 1.82) is 0 Å². The Morgan fingerprint density at radius 2 is 0.960 bits per heavy atom. The zero-order valence-corrected chi connectivity index (χ0v) is 20.0. The van der Waals surface area contributed by atoms with E-state index in [1.165, 1.54) is 16.8 Å². The minimum Gasteiger partial charge on any atom is -0.261 e. The van der Waals surface area contributed by atoms with Crippen LogP contribution in [-0.4, -0.2) is 4.98 Å². The van der Waals surface area contributed by atoms with E-state index in [2.05, 4.69) is 94.1 Å². The van der Waals surface area contributed by atoms with Crippen LogP contribution < -0.4 is 0 Å². The molecule has 0 aliphatic rings. The molecular weight excluding hydrogens is 302 g/mol. The van der Waals surface area contributed by atoms with Crippen LogP contribution in [0.1, 0.15) is 132 Å². The van der Waals surface area contributed by atoms with E-state index in [4.69, 9.17) is 0 Å². The predicted octanol–water partition coefficient (Wildman–Crippen LogP) is 8.80. The van der Waals surface area contributed by atoms with E-state index >= 15 is 0 Å². The van der Waals surface area contributed by atoms with Crippen molar-refractivity contribution in [3.63, 3.8) is 0 Å². The summed E-state index contributed by atoms with van der Waals surface area (Å²) in [4.78, 5) is 4.54. The lowest BCUT2D eigenvalue weighted by atomic mass is 9.87. The Balaban J connectivity index is -0.000000402. The van der Waals surface area contributed by atoms with Gasteiger partial charge in [-0.25, -0.2) is 0 Å². The first-order chi connectivity index (χ1) is 11.4. The summed E-state index contributed by atoms with van der Waals surface area (Å²) in [6, 6.07) is 2.17. The average molecular weight is 352 g/mol. The highest BCUT2D eigenvalue weighted by Gasteiger charge is 2.16. The number of nitrogens with zero attached hydrogens (tertiary/aromatic N) is 1. The van der Waals surface area contributed by atoms with Gasteiger partial charge in [0.15, 0.2) is 0 Å². The number of aromatic nitrogens is 1. The van der Waals surface area contributed by atoms with Gasteiger partial charge in [0, 0.05) is 11.9 Å². The lowest BCUT2D eigenvalue weighted by Gasteiger charge is -2.21. The summed E-state index contributed by atoms with van der Waals surface area (Å²) in [6.07, 6.45) is 1.95. The van der Waals surface area contributed by atoms with Crippen LogP contribution in [0, 0.1) is 11.8 Å². The van der Waals surface area contributed by atoms with Crippen LogP contribution >= 0.6 is 0 Å². The number of hydrogen-bond donors (Lipinski definition) is 0. The Morgan fingerprint density at radius 1 is 0.600 bits per heavy atom. The van der Waals surface area contributed by atoms with Crippen molar-refractivity contribution in [2.75, 3.05) is 0 Å². The van der Waals surface area contributed by atoms with Crippen LogP contribution in [0.2, 0.25) is 0 Å². The van der Waals surface area contributed by atoms with Gasteiger partial charge in [0.2, 0.25) is 0 Å². The molecule has 0 amide bonds. The second kappa shape index (κ2) is 16.6. The zero-order valence-electron chi connectivity index (χ0n) is 20.0. The summed E-state index contributed by atoms with van der Waals surface area (Å²) < 4.78 is 0. The first kappa shape index (κ1) is 28.9. The molecule has 1 aromatic rings. The highest BCUT2D eigenvalue weighted by Crippen LogP contribution is 2.31. The molecule has 1 aromatic heterocycles. The van der Waals surface area contributed by atoms with Crippen molar-refractivity contribution in [3.8, 4) is 0 Å². The molecule has 150 valence electrons. The fourth-order valence-electron chi connectivity index (χ4n) is 2.10. The van der Waals surface area contributed by atoms with Gasteiger partial charge in [-0.15, -0.1) is 0 Å². The van der Waals surface area contributed by atoms with E-state index in [1.807, 2.05) is 20.0 Å². The molecular formula is C24H49N. The molecule has 0 atom stereocenters. The summed E-state index contributed by atoms with van der Waals surface area (Å²) >= 11 is 0. The normalized spacial score (nSPS) is 10.2. The van der Waals surface area contributed by atoms with Gasteiger partial charge in [-0.2, -0.15) is 0 Å². The first-order valence-corrected chi connectivity index (χ1v) is 10.4. The van der Waals surface area contributed by atoms with Gasteiger partial charge in [-0.1, -0.05) is 96.9 Å². The second-order valence-corrected chi connectivity index (χ2v) is 8.63. The third-order valence-corrected chi connectivity index (χ3v) is 2.80. The lowest BCUT2D eigenvalue weighted by Crippen LogP contribution is -2.07. The van der Waals surface area contributed by atoms with E-state index < -0.39 is 0 Å². The number of hydrogen-bond acceptors (Lipinski definition) is 1. The SMILES string of the molecule is CC.CC(C)C.CC(C)C.CC(C)c1ccnc(C(C)C)c1C(C)C. The second-order valence-electron chi connectivity index (χ2n) is 8.63. The summed E-state index contributed by atoms with van der Waals surface area (Å²) in [5, 5.41) is 0. The summed E-state index contributed by atoms with van der Waals surface area (Å²) in [6.45, 7) is 30.5. The van der Waals surface area contributed by atoms with Gasteiger partial charge >= 0.3 is 0 Å². The van der Waals surface area contributed by atoms with Crippen molar-refractivity contribution < 1.29 is 0 Å². The molecule has 1 nitrogen and oxygen atoms in total. The van der Waals surface area contributed by atoms with E-state index in [1.54, 1.807) is 0 Å².